The third-order valence-corrected chi connectivity index (χ3v) is 3.36. The Balaban J connectivity index is 2.30. The number of nitrogens with zero attached hydrogens (tertiary/aromatic N) is 2. The van der Waals surface area contributed by atoms with Crippen molar-refractivity contribution in [3.63, 3.8) is 0 Å². The Morgan fingerprint density at radius 3 is 3.06 bits per heavy atom. The van der Waals surface area contributed by atoms with Crippen LogP contribution in [-0.4, -0.2) is 22.8 Å². The van der Waals surface area contributed by atoms with Crippen molar-refractivity contribution in [1.29, 1.82) is 0 Å². The fraction of sp³-hybridized carbons (Fsp3) is 0.500. The SMILES string of the molecule is Cc1cc(Cl)ncc1[C@H]1CCCCN1C=O. The largest absolute Gasteiger partial charge is 0.338 e. The summed E-state index contributed by atoms with van der Waals surface area (Å²) in [6.45, 7) is 2.86. The molecule has 1 aliphatic rings. The van der Waals surface area contributed by atoms with E-state index in [9.17, 15) is 4.79 Å². The minimum atomic E-state index is 0.177. The minimum absolute atomic E-state index is 0.177. The van der Waals surface area contributed by atoms with Crippen LogP contribution in [0.4, 0.5) is 0 Å². The number of aryl methyl sites for hydroxylation is 1. The van der Waals surface area contributed by atoms with Crippen LogP contribution in [0.3, 0.4) is 0 Å². The van der Waals surface area contributed by atoms with Gasteiger partial charge in [-0.05, 0) is 43.4 Å². The molecule has 1 aromatic heterocycles. The number of halogens is 1. The lowest BCUT2D eigenvalue weighted by Gasteiger charge is -2.33. The van der Waals surface area contributed by atoms with Crippen LogP contribution in [0.25, 0.3) is 0 Å². The average Bonchev–Trinajstić information content (AvgIpc) is 2.29. The summed E-state index contributed by atoms with van der Waals surface area (Å²) in [5.74, 6) is 0. The summed E-state index contributed by atoms with van der Waals surface area (Å²) in [6.07, 6.45) is 6.01. The first kappa shape index (κ1) is 11.4. The molecule has 0 saturated carbocycles. The van der Waals surface area contributed by atoms with E-state index in [4.69, 9.17) is 11.6 Å². The fourth-order valence-corrected chi connectivity index (χ4v) is 2.51. The van der Waals surface area contributed by atoms with Crippen molar-refractivity contribution < 1.29 is 4.79 Å². The van der Waals surface area contributed by atoms with Crippen molar-refractivity contribution in [3.05, 3.63) is 28.5 Å². The molecule has 1 fully saturated rings. The first-order valence-corrected chi connectivity index (χ1v) is 5.93. The first-order valence-electron chi connectivity index (χ1n) is 5.55. The maximum Gasteiger partial charge on any atom is 0.210 e. The summed E-state index contributed by atoms with van der Waals surface area (Å²) >= 11 is 5.83. The number of amides is 1. The molecule has 1 amide bonds. The molecule has 0 aliphatic carbocycles. The summed E-state index contributed by atoms with van der Waals surface area (Å²) in [7, 11) is 0. The number of carbonyl (C=O) groups excluding carboxylic acids is 1. The standard InChI is InChI=1S/C12H15ClN2O/c1-9-6-12(13)14-7-10(9)11-4-2-3-5-15(11)8-16/h6-8,11H,2-5H2,1H3/t11-/m1/s1. The number of likely N-dealkylation sites (tertiary alicyclic amines) is 1. The minimum Gasteiger partial charge on any atom is -0.338 e. The Bertz CT molecular complexity index is 395. The van der Waals surface area contributed by atoms with Gasteiger partial charge >= 0.3 is 0 Å². The van der Waals surface area contributed by atoms with Crippen LogP contribution in [0, 0.1) is 6.92 Å². The molecule has 0 spiro atoms. The van der Waals surface area contributed by atoms with Crippen molar-refractivity contribution in [2.75, 3.05) is 6.54 Å². The summed E-state index contributed by atoms with van der Waals surface area (Å²) in [5, 5.41) is 0.509. The predicted octanol–water partition coefficient (Wildman–Crippen LogP) is 2.73. The Morgan fingerprint density at radius 2 is 2.38 bits per heavy atom. The highest BCUT2D eigenvalue weighted by molar-refractivity contribution is 6.29. The molecule has 4 heteroatoms. The van der Waals surface area contributed by atoms with Crippen LogP contribution in [0.15, 0.2) is 12.3 Å². The van der Waals surface area contributed by atoms with Gasteiger partial charge in [0.25, 0.3) is 0 Å². The van der Waals surface area contributed by atoms with Gasteiger partial charge in [-0.3, -0.25) is 4.79 Å². The van der Waals surface area contributed by atoms with E-state index in [1.54, 1.807) is 6.20 Å². The Kier molecular flexibility index (Phi) is 3.44. The zero-order chi connectivity index (χ0) is 11.5. The fourth-order valence-electron chi connectivity index (χ4n) is 2.30. The third kappa shape index (κ3) is 2.19. The van der Waals surface area contributed by atoms with Gasteiger partial charge in [0.2, 0.25) is 6.41 Å². The summed E-state index contributed by atoms with van der Waals surface area (Å²) in [4.78, 5) is 17.0. The van der Waals surface area contributed by atoms with Crippen LogP contribution < -0.4 is 0 Å². The van der Waals surface area contributed by atoms with E-state index in [0.29, 0.717) is 5.15 Å². The zero-order valence-electron chi connectivity index (χ0n) is 9.32. The molecular weight excluding hydrogens is 224 g/mol. The second kappa shape index (κ2) is 4.83. The van der Waals surface area contributed by atoms with Crippen molar-refractivity contribution in [2.45, 2.75) is 32.2 Å². The molecule has 2 rings (SSSR count). The third-order valence-electron chi connectivity index (χ3n) is 3.16. The smallest absolute Gasteiger partial charge is 0.210 e. The van der Waals surface area contributed by atoms with E-state index in [2.05, 4.69) is 4.98 Å². The highest BCUT2D eigenvalue weighted by Crippen LogP contribution is 2.31. The average molecular weight is 239 g/mol. The summed E-state index contributed by atoms with van der Waals surface area (Å²) in [6, 6.07) is 2.03. The Labute approximate surface area is 100 Å². The number of hydrogen-bond acceptors (Lipinski definition) is 2. The summed E-state index contributed by atoms with van der Waals surface area (Å²) < 4.78 is 0. The van der Waals surface area contributed by atoms with Gasteiger partial charge in [0.15, 0.2) is 0 Å². The van der Waals surface area contributed by atoms with Crippen LogP contribution in [0.1, 0.15) is 36.4 Å². The molecule has 0 bridgehead atoms. The maximum atomic E-state index is 11.0. The second-order valence-corrected chi connectivity index (χ2v) is 4.61. The van der Waals surface area contributed by atoms with E-state index < -0.39 is 0 Å². The quantitative estimate of drug-likeness (QED) is 0.586. The van der Waals surface area contributed by atoms with Gasteiger partial charge in [-0.15, -0.1) is 0 Å². The topological polar surface area (TPSA) is 33.2 Å². The van der Waals surface area contributed by atoms with Crippen molar-refractivity contribution in [1.82, 2.24) is 9.88 Å². The molecule has 1 saturated heterocycles. The number of pyridine rings is 1. The van der Waals surface area contributed by atoms with E-state index in [1.165, 1.54) is 0 Å². The molecule has 1 aliphatic heterocycles. The second-order valence-electron chi connectivity index (χ2n) is 4.22. The van der Waals surface area contributed by atoms with Crippen LogP contribution >= 0.6 is 11.6 Å². The predicted molar refractivity (Wildman–Crippen MR) is 63.3 cm³/mol. The van der Waals surface area contributed by atoms with Gasteiger partial charge in [0.1, 0.15) is 5.15 Å². The van der Waals surface area contributed by atoms with Crippen molar-refractivity contribution in [3.8, 4) is 0 Å². The van der Waals surface area contributed by atoms with Gasteiger partial charge in [0.05, 0.1) is 6.04 Å². The highest BCUT2D eigenvalue weighted by atomic mass is 35.5. The molecule has 1 atom stereocenters. The molecule has 0 aromatic carbocycles. The molecule has 3 nitrogen and oxygen atoms in total. The number of rotatable bonds is 2. The Hall–Kier alpha value is -1.09. The monoisotopic (exact) mass is 238 g/mol. The normalized spacial score (nSPS) is 20.9. The molecular formula is C12H15ClN2O. The molecule has 2 heterocycles. The lowest BCUT2D eigenvalue weighted by molar-refractivity contribution is -0.121. The zero-order valence-corrected chi connectivity index (χ0v) is 10.1. The van der Waals surface area contributed by atoms with Gasteiger partial charge < -0.3 is 4.90 Å². The summed E-state index contributed by atoms with van der Waals surface area (Å²) in [5.41, 5.74) is 2.23. The van der Waals surface area contributed by atoms with Crippen molar-refractivity contribution >= 4 is 18.0 Å². The lowest BCUT2D eigenvalue weighted by Crippen LogP contribution is -2.32. The van der Waals surface area contributed by atoms with E-state index in [1.807, 2.05) is 17.9 Å². The number of aromatic nitrogens is 1. The Morgan fingerprint density at radius 1 is 1.56 bits per heavy atom. The van der Waals surface area contributed by atoms with Crippen LogP contribution in [0.5, 0.6) is 0 Å². The molecule has 16 heavy (non-hydrogen) atoms. The van der Waals surface area contributed by atoms with Crippen LogP contribution in [0.2, 0.25) is 5.15 Å². The molecule has 0 unspecified atom stereocenters. The number of carbonyl (C=O) groups is 1. The maximum absolute atomic E-state index is 11.0. The number of piperidine rings is 1. The molecule has 0 radical (unpaired) electrons. The van der Waals surface area contributed by atoms with E-state index >= 15 is 0 Å². The first-order chi connectivity index (χ1) is 7.72. The van der Waals surface area contributed by atoms with Gasteiger partial charge in [-0.25, -0.2) is 4.98 Å². The van der Waals surface area contributed by atoms with Crippen LogP contribution in [-0.2, 0) is 4.79 Å². The van der Waals surface area contributed by atoms with Crippen molar-refractivity contribution in [2.24, 2.45) is 0 Å². The van der Waals surface area contributed by atoms with E-state index in [0.717, 1.165) is 43.3 Å². The van der Waals surface area contributed by atoms with Gasteiger partial charge in [-0.1, -0.05) is 11.6 Å². The molecule has 86 valence electrons. The van der Waals surface area contributed by atoms with Gasteiger partial charge in [-0.2, -0.15) is 0 Å². The number of hydrogen-bond donors (Lipinski definition) is 0. The van der Waals surface area contributed by atoms with E-state index in [-0.39, 0.29) is 6.04 Å². The lowest BCUT2D eigenvalue weighted by atomic mass is 9.94. The van der Waals surface area contributed by atoms with Gasteiger partial charge in [0, 0.05) is 12.7 Å². The molecule has 0 N–H and O–H groups in total. The highest BCUT2D eigenvalue weighted by Gasteiger charge is 2.24. The molecule has 1 aromatic rings.